The smallest absolute Gasteiger partial charge is 0.263 e. The Hall–Kier alpha value is -3.60. The highest BCUT2D eigenvalue weighted by molar-refractivity contribution is 6.09. The summed E-state index contributed by atoms with van der Waals surface area (Å²) in [7, 11) is 0. The van der Waals surface area contributed by atoms with E-state index in [0.717, 1.165) is 12.8 Å². The summed E-state index contributed by atoms with van der Waals surface area (Å²) in [5, 5.41) is 12.8. The summed E-state index contributed by atoms with van der Waals surface area (Å²) in [4.78, 5) is 39.4. The van der Waals surface area contributed by atoms with Crippen molar-refractivity contribution in [2.45, 2.75) is 59.1 Å². The Morgan fingerprint density at radius 3 is 2.69 bits per heavy atom. The quantitative estimate of drug-likeness (QED) is 0.396. The molecule has 3 N–H and O–H groups in total. The minimum Gasteiger partial charge on any atom is -0.493 e. The van der Waals surface area contributed by atoms with Gasteiger partial charge in [0.15, 0.2) is 0 Å². The molecule has 9 nitrogen and oxygen atoms in total. The Kier molecular flexibility index (Phi) is 7.04. The van der Waals surface area contributed by atoms with E-state index in [-0.39, 0.29) is 30.0 Å². The van der Waals surface area contributed by atoms with Crippen LogP contribution < -0.4 is 10.1 Å². The number of nitrogens with zero attached hydrogens (tertiary/aromatic N) is 3. The lowest BCUT2D eigenvalue weighted by Gasteiger charge is -2.26. The van der Waals surface area contributed by atoms with Crippen molar-refractivity contribution in [1.29, 1.82) is 0 Å². The molecule has 2 aromatic heterocycles. The van der Waals surface area contributed by atoms with Crippen LogP contribution in [0.3, 0.4) is 0 Å². The Bertz CT molecular complexity index is 1420. The molecular formula is C28H33F2N5O4. The number of rotatable bonds is 8. The molecule has 1 unspecified atom stereocenters. The molecule has 2 atom stereocenters. The van der Waals surface area contributed by atoms with Crippen molar-refractivity contribution in [3.63, 3.8) is 0 Å². The molecule has 208 valence electrons. The number of H-pyrrole nitrogens is 1. The number of carbonyl (C=O) groups excluding carboxylic acids is 2. The third-order valence-electron chi connectivity index (χ3n) is 7.60. The highest BCUT2D eigenvalue weighted by Gasteiger charge is 2.43. The molecule has 2 amide bonds. The molecule has 3 heterocycles. The van der Waals surface area contributed by atoms with Crippen LogP contribution in [0.2, 0.25) is 0 Å². The summed E-state index contributed by atoms with van der Waals surface area (Å²) in [5.74, 6) is 0.151. The number of hydrogen-bond donors (Lipinski definition) is 3. The van der Waals surface area contributed by atoms with E-state index in [1.54, 1.807) is 17.9 Å². The summed E-state index contributed by atoms with van der Waals surface area (Å²) in [6, 6.07) is 3.91. The first-order chi connectivity index (χ1) is 18.5. The van der Waals surface area contributed by atoms with Crippen LogP contribution in [-0.4, -0.2) is 68.6 Å². The number of ether oxygens (including phenoxy) is 1. The van der Waals surface area contributed by atoms with Gasteiger partial charge in [-0.05, 0) is 50.8 Å². The van der Waals surface area contributed by atoms with E-state index in [0.29, 0.717) is 58.4 Å². The number of aliphatic hydroxyl groups excluding tert-OH is 1. The first-order valence-corrected chi connectivity index (χ1v) is 13.1. The lowest BCUT2D eigenvalue weighted by molar-refractivity contribution is -0.138. The first-order valence-electron chi connectivity index (χ1n) is 13.1. The average Bonchev–Trinajstić information content (AvgIpc) is 3.58. The second-order valence-corrected chi connectivity index (χ2v) is 11.3. The molecular weight excluding hydrogens is 508 g/mol. The van der Waals surface area contributed by atoms with Crippen molar-refractivity contribution in [1.82, 2.24) is 25.2 Å². The number of benzene rings is 1. The number of aromatic nitrogens is 3. The normalized spacial score (nSPS) is 19.5. The van der Waals surface area contributed by atoms with E-state index in [1.807, 2.05) is 13.8 Å². The van der Waals surface area contributed by atoms with E-state index in [9.17, 15) is 23.5 Å². The Morgan fingerprint density at radius 2 is 2.03 bits per heavy atom. The number of likely N-dealkylation sites (tertiary alicyclic amines) is 1. The highest BCUT2D eigenvalue weighted by Crippen LogP contribution is 2.39. The van der Waals surface area contributed by atoms with Gasteiger partial charge in [0.25, 0.3) is 18.2 Å². The molecule has 2 aliphatic rings. The molecule has 1 saturated carbocycles. The van der Waals surface area contributed by atoms with Crippen molar-refractivity contribution >= 4 is 22.8 Å². The summed E-state index contributed by atoms with van der Waals surface area (Å²) in [6.45, 7) is 8.23. The third kappa shape index (κ3) is 5.32. The van der Waals surface area contributed by atoms with Crippen molar-refractivity contribution in [3.05, 3.63) is 41.3 Å². The van der Waals surface area contributed by atoms with Crippen molar-refractivity contribution < 1.29 is 28.2 Å². The molecule has 0 bridgehead atoms. The second kappa shape index (κ2) is 10.2. The van der Waals surface area contributed by atoms with Crippen LogP contribution in [0.1, 0.15) is 61.7 Å². The van der Waals surface area contributed by atoms with Gasteiger partial charge in [-0.1, -0.05) is 13.8 Å². The highest BCUT2D eigenvalue weighted by atomic mass is 19.3. The maximum absolute atomic E-state index is 13.6. The summed E-state index contributed by atoms with van der Waals surface area (Å²) < 4.78 is 33.2. The van der Waals surface area contributed by atoms with Gasteiger partial charge in [0.05, 0.1) is 23.7 Å². The summed E-state index contributed by atoms with van der Waals surface area (Å²) in [5.41, 5.74) is 1.85. The number of hydrogen-bond acceptors (Lipinski definition) is 6. The SMILES string of the molecule is Cc1[nH]c2c(-c3cc(C(F)F)ccc3OCC3CC3)ncnc2c1C(=O)NC1CN(C(=O)[C@H](C)O)CC1(C)C. The van der Waals surface area contributed by atoms with E-state index < -0.39 is 17.9 Å². The maximum atomic E-state index is 13.6. The molecule has 0 radical (unpaired) electrons. The number of aryl methyl sites for hydroxylation is 1. The zero-order chi connectivity index (χ0) is 28.1. The van der Waals surface area contributed by atoms with Crippen LogP contribution in [-0.2, 0) is 4.79 Å². The predicted molar refractivity (Wildman–Crippen MR) is 141 cm³/mol. The molecule has 11 heteroatoms. The Balaban J connectivity index is 1.49. The number of carbonyl (C=O) groups is 2. The third-order valence-corrected chi connectivity index (χ3v) is 7.60. The maximum Gasteiger partial charge on any atom is 0.263 e. The lowest BCUT2D eigenvalue weighted by atomic mass is 9.87. The average molecular weight is 542 g/mol. The van der Waals surface area contributed by atoms with Crippen molar-refractivity contribution in [2.75, 3.05) is 19.7 Å². The van der Waals surface area contributed by atoms with Gasteiger partial charge in [0, 0.05) is 35.3 Å². The molecule has 1 saturated heterocycles. The van der Waals surface area contributed by atoms with E-state index >= 15 is 0 Å². The van der Waals surface area contributed by atoms with Crippen LogP contribution in [0.5, 0.6) is 5.75 Å². The number of alkyl halides is 2. The largest absolute Gasteiger partial charge is 0.493 e. The minimum absolute atomic E-state index is 0.156. The molecule has 3 aromatic rings. The van der Waals surface area contributed by atoms with E-state index in [2.05, 4.69) is 20.3 Å². The Labute approximate surface area is 225 Å². The van der Waals surface area contributed by atoms with Crippen LogP contribution in [0.25, 0.3) is 22.3 Å². The zero-order valence-electron chi connectivity index (χ0n) is 22.4. The van der Waals surface area contributed by atoms with E-state index in [1.165, 1.54) is 25.4 Å². The van der Waals surface area contributed by atoms with Crippen molar-refractivity contribution in [2.24, 2.45) is 11.3 Å². The monoisotopic (exact) mass is 541 g/mol. The number of halogens is 2. The molecule has 1 aromatic carbocycles. The van der Waals surface area contributed by atoms with Gasteiger partial charge in [-0.15, -0.1) is 0 Å². The van der Waals surface area contributed by atoms with Crippen LogP contribution in [0, 0.1) is 18.3 Å². The topological polar surface area (TPSA) is 120 Å². The number of nitrogens with one attached hydrogen (secondary N) is 2. The van der Waals surface area contributed by atoms with Gasteiger partial charge in [-0.25, -0.2) is 18.7 Å². The van der Waals surface area contributed by atoms with Gasteiger partial charge in [0.2, 0.25) is 0 Å². The number of amides is 2. The lowest BCUT2D eigenvalue weighted by Crippen LogP contribution is -2.44. The molecule has 1 aliphatic carbocycles. The van der Waals surface area contributed by atoms with E-state index in [4.69, 9.17) is 4.74 Å². The predicted octanol–water partition coefficient (Wildman–Crippen LogP) is 4.01. The van der Waals surface area contributed by atoms with Gasteiger partial charge >= 0.3 is 0 Å². The molecule has 39 heavy (non-hydrogen) atoms. The number of aliphatic hydroxyl groups is 1. The van der Waals surface area contributed by atoms with Gasteiger partial charge in [-0.3, -0.25) is 9.59 Å². The van der Waals surface area contributed by atoms with Crippen LogP contribution in [0.15, 0.2) is 24.5 Å². The van der Waals surface area contributed by atoms with Crippen LogP contribution in [0.4, 0.5) is 8.78 Å². The minimum atomic E-state index is -2.67. The fraction of sp³-hybridized carbons (Fsp3) is 0.500. The molecule has 2 fully saturated rings. The standard InChI is InChI=1S/C28H33F2N5O4/c1-14-21(26(37)34-20-10-35(12-28(20,3)4)27(38)15(2)36)23-24(33-14)22(31-13-32-23)18-9-17(25(29)30)7-8-19(18)39-11-16-5-6-16/h7-9,13,15-16,20,25,33,36H,5-6,10-12H2,1-4H3,(H,34,37)/t15-,20?/m0/s1. The second-order valence-electron chi connectivity index (χ2n) is 11.3. The summed E-state index contributed by atoms with van der Waals surface area (Å²) in [6.07, 6.45) is -0.314. The van der Waals surface area contributed by atoms with Gasteiger partial charge in [0.1, 0.15) is 29.4 Å². The number of aromatic amines is 1. The Morgan fingerprint density at radius 1 is 1.28 bits per heavy atom. The van der Waals surface area contributed by atoms with Crippen molar-refractivity contribution in [3.8, 4) is 17.0 Å². The first kappa shape index (κ1) is 27.0. The van der Waals surface area contributed by atoms with Gasteiger partial charge < -0.3 is 25.0 Å². The molecule has 0 spiro atoms. The van der Waals surface area contributed by atoms with Gasteiger partial charge in [-0.2, -0.15) is 0 Å². The molecule has 5 rings (SSSR count). The van der Waals surface area contributed by atoms with Crippen LogP contribution >= 0.6 is 0 Å². The summed E-state index contributed by atoms with van der Waals surface area (Å²) >= 11 is 0. The molecule has 1 aliphatic heterocycles. The fourth-order valence-electron chi connectivity index (χ4n) is 5.13. The fourth-order valence-corrected chi connectivity index (χ4v) is 5.13. The zero-order valence-corrected chi connectivity index (χ0v) is 22.4. The number of fused-ring (bicyclic) bond motifs is 1.